The quantitative estimate of drug-likeness (QED) is 0.452. The highest BCUT2D eigenvalue weighted by atomic mass is 19.4. The van der Waals surface area contributed by atoms with Gasteiger partial charge in [-0.25, -0.2) is 0 Å². The number of methoxy groups -OCH3 is 1. The molecule has 3 aromatic rings. The smallest absolute Gasteiger partial charge is 0.416 e. The van der Waals surface area contributed by atoms with E-state index >= 15 is 0 Å². The first-order valence-electron chi connectivity index (χ1n) is 13.2. The minimum atomic E-state index is -4.56. The first-order valence-corrected chi connectivity index (χ1v) is 13.2. The number of aliphatic hydroxyl groups is 1. The van der Waals surface area contributed by atoms with Crippen molar-refractivity contribution in [3.63, 3.8) is 0 Å². The van der Waals surface area contributed by atoms with Gasteiger partial charge < -0.3 is 19.8 Å². The molecule has 1 aliphatic heterocycles. The van der Waals surface area contributed by atoms with Crippen LogP contribution in [0.4, 0.5) is 19.0 Å². The van der Waals surface area contributed by atoms with E-state index in [2.05, 4.69) is 20.0 Å². The molecule has 0 spiro atoms. The van der Waals surface area contributed by atoms with Gasteiger partial charge in [-0.05, 0) is 61.2 Å². The molecule has 0 bridgehead atoms. The van der Waals surface area contributed by atoms with Crippen LogP contribution in [0.15, 0.2) is 42.5 Å². The Morgan fingerprint density at radius 1 is 1.03 bits per heavy atom. The normalized spacial score (nSPS) is 20.4. The summed E-state index contributed by atoms with van der Waals surface area (Å²) in [7, 11) is 1.63. The Morgan fingerprint density at radius 2 is 1.77 bits per heavy atom. The van der Waals surface area contributed by atoms with Gasteiger partial charge in [0, 0.05) is 37.3 Å². The maximum Gasteiger partial charge on any atom is 0.416 e. The predicted octanol–water partition coefficient (Wildman–Crippen LogP) is 5.31. The third-order valence-electron chi connectivity index (χ3n) is 7.87. The number of aromatic hydroxyl groups is 1. The van der Waals surface area contributed by atoms with E-state index in [-0.39, 0.29) is 11.6 Å². The maximum absolute atomic E-state index is 13.2. The number of phenolic OH excluding ortho intramolecular Hbond substituents is 1. The van der Waals surface area contributed by atoms with Crippen LogP contribution in [0.5, 0.6) is 11.5 Å². The van der Waals surface area contributed by atoms with Crippen molar-refractivity contribution in [3.8, 4) is 22.8 Å². The minimum Gasteiger partial charge on any atom is -0.507 e. The van der Waals surface area contributed by atoms with E-state index in [1.54, 1.807) is 7.11 Å². The minimum absolute atomic E-state index is 0.0857. The van der Waals surface area contributed by atoms with E-state index in [0.717, 1.165) is 66.8 Å². The first kappa shape index (κ1) is 27.2. The Kier molecular flexibility index (Phi) is 7.68. The van der Waals surface area contributed by atoms with Gasteiger partial charge in [-0.15, -0.1) is 10.2 Å². The van der Waals surface area contributed by atoms with Gasteiger partial charge in [0.1, 0.15) is 17.2 Å². The van der Waals surface area contributed by atoms with Crippen molar-refractivity contribution in [3.05, 3.63) is 64.7 Å². The van der Waals surface area contributed by atoms with Gasteiger partial charge in [0.2, 0.25) is 0 Å². The summed E-state index contributed by atoms with van der Waals surface area (Å²) in [6.45, 7) is 4.46. The third-order valence-corrected chi connectivity index (χ3v) is 7.87. The van der Waals surface area contributed by atoms with E-state index in [1.165, 1.54) is 6.07 Å². The van der Waals surface area contributed by atoms with Crippen LogP contribution < -0.4 is 9.64 Å². The molecule has 2 aromatic carbocycles. The number of fused-ring (bicyclic) bond motifs is 1. The molecule has 208 valence electrons. The maximum atomic E-state index is 13.2. The molecule has 39 heavy (non-hydrogen) atoms. The van der Waals surface area contributed by atoms with Crippen molar-refractivity contribution in [2.45, 2.75) is 64.0 Å². The molecule has 5 rings (SSSR count). The number of benzene rings is 2. The number of anilines is 1. The number of hydrogen-bond acceptors (Lipinski definition) is 7. The first-order chi connectivity index (χ1) is 18.7. The van der Waals surface area contributed by atoms with Crippen molar-refractivity contribution >= 4 is 5.82 Å². The lowest BCUT2D eigenvalue weighted by Crippen LogP contribution is -2.48. The van der Waals surface area contributed by atoms with E-state index in [4.69, 9.17) is 4.74 Å². The predicted molar refractivity (Wildman–Crippen MR) is 142 cm³/mol. The number of ether oxygens (including phenoxy) is 1. The number of aromatic nitrogens is 2. The molecule has 0 radical (unpaired) electrons. The second kappa shape index (κ2) is 11.0. The summed E-state index contributed by atoms with van der Waals surface area (Å²) >= 11 is 0. The Bertz CT molecular complexity index is 1320. The van der Waals surface area contributed by atoms with Crippen molar-refractivity contribution in [1.29, 1.82) is 0 Å². The third kappa shape index (κ3) is 5.67. The van der Waals surface area contributed by atoms with Crippen molar-refractivity contribution in [1.82, 2.24) is 15.1 Å². The Balaban J connectivity index is 1.54. The summed E-state index contributed by atoms with van der Waals surface area (Å²) in [5, 5.41) is 30.4. The highest BCUT2D eigenvalue weighted by molar-refractivity contribution is 5.73. The number of halogens is 3. The van der Waals surface area contributed by atoms with Crippen LogP contribution in [0.25, 0.3) is 11.3 Å². The van der Waals surface area contributed by atoms with Crippen molar-refractivity contribution < 1.29 is 28.1 Å². The highest BCUT2D eigenvalue weighted by Gasteiger charge is 2.35. The summed E-state index contributed by atoms with van der Waals surface area (Å²) in [6.07, 6.45) is -1.45. The van der Waals surface area contributed by atoms with Gasteiger partial charge in [0.05, 0.1) is 24.8 Å². The van der Waals surface area contributed by atoms with Crippen molar-refractivity contribution in [2.24, 2.45) is 0 Å². The molecule has 7 nitrogen and oxygen atoms in total. The zero-order valence-corrected chi connectivity index (χ0v) is 22.1. The molecule has 2 N–H and O–H groups in total. The molecular weight excluding hydrogens is 509 g/mol. The van der Waals surface area contributed by atoms with Crippen LogP contribution in [-0.2, 0) is 19.3 Å². The topological polar surface area (TPSA) is 82.0 Å². The molecule has 2 aliphatic rings. The number of alkyl halides is 3. The largest absolute Gasteiger partial charge is 0.507 e. The molecule has 1 aromatic heterocycles. The van der Waals surface area contributed by atoms with Gasteiger partial charge in [0.25, 0.3) is 0 Å². The lowest BCUT2D eigenvalue weighted by atomic mass is 9.91. The molecule has 0 amide bonds. The second-order valence-corrected chi connectivity index (χ2v) is 10.4. The molecule has 1 fully saturated rings. The Labute approximate surface area is 225 Å². The fourth-order valence-corrected chi connectivity index (χ4v) is 5.69. The summed E-state index contributed by atoms with van der Waals surface area (Å²) in [5.41, 5.74) is 2.37. The van der Waals surface area contributed by atoms with Crippen molar-refractivity contribution in [2.75, 3.05) is 25.1 Å². The molecule has 1 aliphatic carbocycles. The average molecular weight is 543 g/mol. The van der Waals surface area contributed by atoms with Gasteiger partial charge in [0.15, 0.2) is 5.82 Å². The molecular formula is C29H33F3N4O3. The standard InChI is InChI=1S/C29H33F3N4O3/c1-18-23-17-35(16-19-7-10-21(39-2)11-8-19)13-14-36(24-5-3-4-6-25(24)37)28(23)34-33-27(18)22-12-9-20(15-26(22)38)29(30,31)32/h7-12,15,24-25,37-38H,3-6,13-14,16-17H2,1-2H3/t24-,25-/m1/s1. The van der Waals surface area contributed by atoms with Gasteiger partial charge in [-0.2, -0.15) is 13.2 Å². The van der Waals surface area contributed by atoms with Gasteiger partial charge in [-0.3, -0.25) is 4.90 Å². The summed E-state index contributed by atoms with van der Waals surface area (Å²) in [5.74, 6) is 0.973. The molecule has 0 unspecified atom stereocenters. The van der Waals surface area contributed by atoms with Gasteiger partial charge >= 0.3 is 6.18 Å². The molecule has 2 heterocycles. The summed E-state index contributed by atoms with van der Waals surface area (Å²) < 4.78 is 44.9. The zero-order chi connectivity index (χ0) is 27.7. The van der Waals surface area contributed by atoms with Gasteiger partial charge in [-0.1, -0.05) is 25.0 Å². The number of hydrogen-bond donors (Lipinski definition) is 2. The summed E-state index contributed by atoms with van der Waals surface area (Å²) in [4.78, 5) is 4.45. The van der Waals surface area contributed by atoms with Crippen LogP contribution >= 0.6 is 0 Å². The summed E-state index contributed by atoms with van der Waals surface area (Å²) in [6, 6.07) is 10.7. The van der Waals surface area contributed by atoms with Crippen LogP contribution in [0.3, 0.4) is 0 Å². The lowest BCUT2D eigenvalue weighted by Gasteiger charge is -2.38. The van der Waals surface area contributed by atoms with E-state index in [9.17, 15) is 23.4 Å². The molecule has 2 atom stereocenters. The van der Waals surface area contributed by atoms with E-state index in [1.807, 2.05) is 31.2 Å². The van der Waals surface area contributed by atoms with Crippen LogP contribution in [0, 0.1) is 6.92 Å². The molecule has 10 heteroatoms. The zero-order valence-electron chi connectivity index (χ0n) is 22.1. The van der Waals surface area contributed by atoms with Crippen LogP contribution in [0.2, 0.25) is 0 Å². The number of phenols is 1. The SMILES string of the molecule is COc1ccc(CN2CCN([C@@H]3CCCC[C@H]3O)c3nnc(-c4ccc(C(F)(F)F)cc4O)c(C)c3C2)cc1. The number of nitrogens with zero attached hydrogens (tertiary/aromatic N) is 4. The molecule has 0 saturated heterocycles. The van der Waals surface area contributed by atoms with Crippen LogP contribution in [-0.4, -0.2) is 57.7 Å². The molecule has 1 saturated carbocycles. The monoisotopic (exact) mass is 542 g/mol. The Morgan fingerprint density at radius 3 is 2.44 bits per heavy atom. The van der Waals surface area contributed by atoms with E-state index in [0.29, 0.717) is 31.1 Å². The average Bonchev–Trinajstić information content (AvgIpc) is 3.09. The number of rotatable bonds is 5. The van der Waals surface area contributed by atoms with Crippen LogP contribution in [0.1, 0.15) is 47.9 Å². The second-order valence-electron chi connectivity index (χ2n) is 10.4. The lowest BCUT2D eigenvalue weighted by molar-refractivity contribution is -0.137. The Hall–Kier alpha value is -3.37. The van der Waals surface area contributed by atoms with E-state index < -0.39 is 23.6 Å². The fraction of sp³-hybridized carbons (Fsp3) is 0.448. The fourth-order valence-electron chi connectivity index (χ4n) is 5.69. The highest BCUT2D eigenvalue weighted by Crippen LogP contribution is 2.40. The number of aliphatic hydroxyl groups excluding tert-OH is 1.